The molecule has 1 amide bonds. The second-order valence-corrected chi connectivity index (χ2v) is 6.85. The number of aliphatic hydroxyl groups is 1. The summed E-state index contributed by atoms with van der Waals surface area (Å²) in [6.07, 6.45) is 0.181. The van der Waals surface area contributed by atoms with Crippen LogP contribution in [-0.2, 0) is 16.0 Å². The summed E-state index contributed by atoms with van der Waals surface area (Å²) in [6.45, 7) is 8.12. The molecule has 1 heterocycles. The first kappa shape index (κ1) is 18.9. The van der Waals surface area contributed by atoms with Crippen molar-refractivity contribution in [2.45, 2.75) is 26.4 Å². The molecular weight excluding hydrogens is 304 g/mol. The van der Waals surface area contributed by atoms with Crippen LogP contribution in [-0.4, -0.2) is 61.4 Å². The zero-order valence-corrected chi connectivity index (χ0v) is 14.8. The van der Waals surface area contributed by atoms with Crippen LogP contribution in [0.25, 0.3) is 0 Å². The van der Waals surface area contributed by atoms with Crippen molar-refractivity contribution in [3.63, 3.8) is 0 Å². The zero-order chi connectivity index (χ0) is 17.4. The van der Waals surface area contributed by atoms with E-state index in [1.165, 1.54) is 5.56 Å². The number of rotatable bonds is 8. The summed E-state index contributed by atoms with van der Waals surface area (Å²) in [4.78, 5) is 14.7. The molecule has 1 fully saturated rings. The average Bonchev–Trinajstić information content (AvgIpc) is 2.59. The zero-order valence-electron chi connectivity index (χ0n) is 14.8. The molecule has 2 atom stereocenters. The van der Waals surface area contributed by atoms with Crippen LogP contribution in [0.2, 0.25) is 0 Å². The third kappa shape index (κ3) is 6.23. The van der Waals surface area contributed by atoms with Crippen molar-refractivity contribution >= 4 is 5.91 Å². The summed E-state index contributed by atoms with van der Waals surface area (Å²) in [5.74, 6) is 0.194. The molecule has 0 saturated carbocycles. The van der Waals surface area contributed by atoms with Crippen molar-refractivity contribution in [3.8, 4) is 0 Å². The van der Waals surface area contributed by atoms with E-state index in [2.05, 4.69) is 36.2 Å². The van der Waals surface area contributed by atoms with Crippen LogP contribution in [0.5, 0.6) is 0 Å². The Balaban J connectivity index is 1.79. The number of morpholine rings is 1. The number of nitrogens with one attached hydrogen (secondary N) is 1. The minimum atomic E-state index is -0.545. The maximum Gasteiger partial charge on any atom is 0.223 e. The Labute approximate surface area is 145 Å². The Bertz CT molecular complexity index is 487. The molecule has 1 aromatic carbocycles. The van der Waals surface area contributed by atoms with Gasteiger partial charge in [0.1, 0.15) is 0 Å². The Morgan fingerprint density at radius 3 is 2.54 bits per heavy atom. The molecule has 134 valence electrons. The van der Waals surface area contributed by atoms with Gasteiger partial charge in [-0.15, -0.1) is 0 Å². The first-order valence-corrected chi connectivity index (χ1v) is 8.86. The molecule has 2 rings (SSSR count). The maximum absolute atomic E-state index is 12.5. The third-order valence-corrected chi connectivity index (χ3v) is 4.52. The van der Waals surface area contributed by atoms with Crippen molar-refractivity contribution in [1.29, 1.82) is 0 Å². The van der Waals surface area contributed by atoms with Crippen molar-refractivity contribution in [1.82, 2.24) is 10.2 Å². The molecule has 5 nitrogen and oxygen atoms in total. The maximum atomic E-state index is 12.5. The summed E-state index contributed by atoms with van der Waals surface area (Å²) < 4.78 is 5.30. The smallest absolute Gasteiger partial charge is 0.223 e. The minimum absolute atomic E-state index is 0.0230. The monoisotopic (exact) mass is 334 g/mol. The van der Waals surface area contributed by atoms with E-state index in [4.69, 9.17) is 4.74 Å². The van der Waals surface area contributed by atoms with E-state index in [0.29, 0.717) is 26.3 Å². The number of aliphatic hydroxyl groups excluding tert-OH is 1. The van der Waals surface area contributed by atoms with Gasteiger partial charge in [0.15, 0.2) is 0 Å². The average molecular weight is 334 g/mol. The summed E-state index contributed by atoms with van der Waals surface area (Å²) in [6, 6.07) is 10.1. The number of hydrogen-bond acceptors (Lipinski definition) is 4. The van der Waals surface area contributed by atoms with Gasteiger partial charge in [0.2, 0.25) is 5.91 Å². The van der Waals surface area contributed by atoms with E-state index in [9.17, 15) is 9.90 Å². The lowest BCUT2D eigenvalue weighted by Crippen LogP contribution is -2.46. The van der Waals surface area contributed by atoms with Crippen LogP contribution in [0.4, 0.5) is 0 Å². The Kier molecular flexibility index (Phi) is 7.69. The van der Waals surface area contributed by atoms with E-state index in [-0.39, 0.29) is 17.7 Å². The lowest BCUT2D eigenvalue weighted by Gasteiger charge is -2.29. The van der Waals surface area contributed by atoms with Gasteiger partial charge >= 0.3 is 0 Å². The summed E-state index contributed by atoms with van der Waals surface area (Å²) in [7, 11) is 0. The van der Waals surface area contributed by atoms with Crippen LogP contribution >= 0.6 is 0 Å². The second-order valence-electron chi connectivity index (χ2n) is 6.85. The number of carbonyl (C=O) groups is 1. The fourth-order valence-electron chi connectivity index (χ4n) is 3.00. The second kappa shape index (κ2) is 9.77. The quantitative estimate of drug-likeness (QED) is 0.752. The van der Waals surface area contributed by atoms with E-state index >= 15 is 0 Å². The minimum Gasteiger partial charge on any atom is -0.390 e. The Hall–Kier alpha value is -1.43. The normalized spacial score (nSPS) is 18.3. The molecule has 0 aromatic heterocycles. The molecule has 2 N–H and O–H groups in total. The van der Waals surface area contributed by atoms with Crippen LogP contribution in [0.3, 0.4) is 0 Å². The molecule has 2 unspecified atom stereocenters. The summed E-state index contributed by atoms with van der Waals surface area (Å²) in [5.41, 5.74) is 1.17. The molecule has 5 heteroatoms. The van der Waals surface area contributed by atoms with Gasteiger partial charge < -0.3 is 15.2 Å². The van der Waals surface area contributed by atoms with Crippen molar-refractivity contribution < 1.29 is 14.6 Å². The molecule has 1 aromatic rings. The number of nitrogens with zero attached hydrogens (tertiary/aromatic N) is 1. The van der Waals surface area contributed by atoms with Crippen molar-refractivity contribution in [2.75, 3.05) is 39.4 Å². The van der Waals surface area contributed by atoms with Crippen molar-refractivity contribution in [3.05, 3.63) is 35.9 Å². The highest BCUT2D eigenvalue weighted by atomic mass is 16.5. The number of ether oxygens (including phenoxy) is 1. The van der Waals surface area contributed by atoms with E-state index < -0.39 is 6.10 Å². The van der Waals surface area contributed by atoms with Gasteiger partial charge in [-0.1, -0.05) is 44.2 Å². The number of carbonyl (C=O) groups excluding carboxylic acids is 1. The van der Waals surface area contributed by atoms with Gasteiger partial charge in [0.05, 0.1) is 19.3 Å². The van der Waals surface area contributed by atoms with Gasteiger partial charge in [-0.2, -0.15) is 0 Å². The Morgan fingerprint density at radius 2 is 1.92 bits per heavy atom. The molecule has 1 saturated heterocycles. The fraction of sp³-hybridized carbons (Fsp3) is 0.632. The highest BCUT2D eigenvalue weighted by molar-refractivity contribution is 5.79. The molecule has 24 heavy (non-hydrogen) atoms. The van der Waals surface area contributed by atoms with Crippen LogP contribution in [0.1, 0.15) is 19.4 Å². The third-order valence-electron chi connectivity index (χ3n) is 4.52. The van der Waals surface area contributed by atoms with Gasteiger partial charge in [-0.25, -0.2) is 0 Å². The van der Waals surface area contributed by atoms with Gasteiger partial charge in [-0.05, 0) is 17.9 Å². The predicted molar refractivity (Wildman–Crippen MR) is 94.7 cm³/mol. The number of β-amino-alcohol motifs (C(OH)–C–C–N with tert-alkyl or cyclic N) is 1. The van der Waals surface area contributed by atoms with Crippen LogP contribution < -0.4 is 5.32 Å². The topological polar surface area (TPSA) is 61.8 Å². The van der Waals surface area contributed by atoms with E-state index in [1.807, 2.05) is 18.2 Å². The standard InChI is InChI=1S/C19H30N2O3/c1-15(2)18(12-16-6-4-3-5-7-16)19(23)20-13-17(22)14-21-8-10-24-11-9-21/h3-7,15,17-18,22H,8-14H2,1-2H3,(H,20,23). The molecule has 1 aliphatic rings. The SMILES string of the molecule is CC(C)C(Cc1ccccc1)C(=O)NCC(O)CN1CCOCC1. The number of amides is 1. The number of hydrogen-bond donors (Lipinski definition) is 2. The summed E-state index contributed by atoms with van der Waals surface area (Å²) in [5, 5.41) is 13.1. The first-order chi connectivity index (χ1) is 11.6. The molecule has 1 aliphatic heterocycles. The van der Waals surface area contributed by atoms with Gasteiger partial charge in [-0.3, -0.25) is 9.69 Å². The lowest BCUT2D eigenvalue weighted by atomic mass is 9.88. The molecule has 0 spiro atoms. The Morgan fingerprint density at radius 1 is 1.25 bits per heavy atom. The highest BCUT2D eigenvalue weighted by Crippen LogP contribution is 2.17. The van der Waals surface area contributed by atoms with Gasteiger partial charge in [0, 0.05) is 32.1 Å². The lowest BCUT2D eigenvalue weighted by molar-refractivity contribution is -0.126. The van der Waals surface area contributed by atoms with Crippen LogP contribution in [0, 0.1) is 11.8 Å². The molecule has 0 bridgehead atoms. The predicted octanol–water partition coefficient (Wildman–Crippen LogP) is 1.31. The highest BCUT2D eigenvalue weighted by Gasteiger charge is 2.23. The summed E-state index contributed by atoms with van der Waals surface area (Å²) >= 11 is 0. The fourth-order valence-corrected chi connectivity index (χ4v) is 3.00. The molecular formula is C19H30N2O3. The molecule has 0 aliphatic carbocycles. The first-order valence-electron chi connectivity index (χ1n) is 8.86. The van der Waals surface area contributed by atoms with Crippen LogP contribution in [0.15, 0.2) is 30.3 Å². The largest absolute Gasteiger partial charge is 0.390 e. The van der Waals surface area contributed by atoms with E-state index in [1.54, 1.807) is 0 Å². The van der Waals surface area contributed by atoms with Gasteiger partial charge in [0.25, 0.3) is 0 Å². The van der Waals surface area contributed by atoms with Crippen molar-refractivity contribution in [2.24, 2.45) is 11.8 Å². The number of benzene rings is 1. The molecule has 0 radical (unpaired) electrons. The van der Waals surface area contributed by atoms with E-state index in [0.717, 1.165) is 19.5 Å².